The summed E-state index contributed by atoms with van der Waals surface area (Å²) in [7, 11) is 3.20. The van der Waals surface area contributed by atoms with Crippen LogP contribution in [0.15, 0.2) is 18.2 Å². The van der Waals surface area contributed by atoms with E-state index < -0.39 is 6.10 Å². The average molecular weight is 252 g/mol. The molecule has 102 valence electrons. The van der Waals surface area contributed by atoms with Gasteiger partial charge in [-0.15, -0.1) is 0 Å². The van der Waals surface area contributed by atoms with Gasteiger partial charge < -0.3 is 14.6 Å². The fourth-order valence-electron chi connectivity index (χ4n) is 1.90. The number of para-hydroxylation sites is 1. The molecule has 0 fully saturated rings. The summed E-state index contributed by atoms with van der Waals surface area (Å²) in [6, 6.07) is 5.59. The van der Waals surface area contributed by atoms with Crippen LogP contribution in [0.3, 0.4) is 0 Å². The predicted molar refractivity (Wildman–Crippen MR) is 73.2 cm³/mol. The lowest BCUT2D eigenvalue weighted by Crippen LogP contribution is -2.09. The number of hydrogen-bond donors (Lipinski definition) is 1. The van der Waals surface area contributed by atoms with Crippen molar-refractivity contribution < 1.29 is 14.6 Å². The second-order valence-electron chi connectivity index (χ2n) is 5.70. The van der Waals surface area contributed by atoms with Gasteiger partial charge in [0.25, 0.3) is 0 Å². The van der Waals surface area contributed by atoms with E-state index in [9.17, 15) is 5.11 Å². The average Bonchev–Trinajstić information content (AvgIpc) is 2.33. The summed E-state index contributed by atoms with van der Waals surface area (Å²) in [6.45, 7) is 6.51. The summed E-state index contributed by atoms with van der Waals surface area (Å²) >= 11 is 0. The smallest absolute Gasteiger partial charge is 0.166 e. The Morgan fingerprint density at radius 1 is 1.17 bits per heavy atom. The standard InChI is InChI=1S/C15H24O3/c1-15(2,3)10-9-12(16)11-7-6-8-13(17-4)14(11)18-5/h6-8,12,16H,9-10H2,1-5H3. The van der Waals surface area contributed by atoms with Crippen molar-refractivity contribution in [1.82, 2.24) is 0 Å². The summed E-state index contributed by atoms with van der Waals surface area (Å²) in [5, 5.41) is 10.3. The van der Waals surface area contributed by atoms with Crippen LogP contribution in [0, 0.1) is 5.41 Å². The molecule has 3 heteroatoms. The Kier molecular flexibility index (Phi) is 5.03. The van der Waals surface area contributed by atoms with E-state index in [1.165, 1.54) is 0 Å². The molecule has 0 saturated heterocycles. The highest BCUT2D eigenvalue weighted by Gasteiger charge is 2.19. The number of benzene rings is 1. The van der Waals surface area contributed by atoms with Crippen LogP contribution in [0.4, 0.5) is 0 Å². The van der Waals surface area contributed by atoms with Gasteiger partial charge in [0.2, 0.25) is 0 Å². The summed E-state index contributed by atoms with van der Waals surface area (Å²) in [6.07, 6.45) is 1.15. The summed E-state index contributed by atoms with van der Waals surface area (Å²) in [4.78, 5) is 0. The van der Waals surface area contributed by atoms with Gasteiger partial charge >= 0.3 is 0 Å². The van der Waals surface area contributed by atoms with Crippen molar-refractivity contribution in [1.29, 1.82) is 0 Å². The second-order valence-corrected chi connectivity index (χ2v) is 5.70. The molecule has 0 aliphatic rings. The maximum atomic E-state index is 10.3. The molecule has 0 aromatic heterocycles. The fraction of sp³-hybridized carbons (Fsp3) is 0.600. The van der Waals surface area contributed by atoms with E-state index in [-0.39, 0.29) is 5.41 Å². The largest absolute Gasteiger partial charge is 0.493 e. The lowest BCUT2D eigenvalue weighted by atomic mass is 9.88. The van der Waals surface area contributed by atoms with Gasteiger partial charge in [-0.2, -0.15) is 0 Å². The molecule has 0 amide bonds. The molecule has 1 aromatic carbocycles. The minimum Gasteiger partial charge on any atom is -0.493 e. The SMILES string of the molecule is COc1cccc(C(O)CCC(C)(C)C)c1OC. The molecule has 0 bridgehead atoms. The van der Waals surface area contributed by atoms with Crippen molar-refractivity contribution >= 4 is 0 Å². The highest BCUT2D eigenvalue weighted by molar-refractivity contribution is 5.47. The van der Waals surface area contributed by atoms with Gasteiger partial charge in [-0.1, -0.05) is 32.9 Å². The molecule has 0 saturated carbocycles. The van der Waals surface area contributed by atoms with E-state index in [1.54, 1.807) is 14.2 Å². The van der Waals surface area contributed by atoms with E-state index in [2.05, 4.69) is 20.8 Å². The maximum absolute atomic E-state index is 10.3. The molecule has 0 radical (unpaired) electrons. The Morgan fingerprint density at radius 3 is 2.33 bits per heavy atom. The lowest BCUT2D eigenvalue weighted by molar-refractivity contribution is 0.143. The molecule has 1 unspecified atom stereocenters. The van der Waals surface area contributed by atoms with E-state index in [1.807, 2.05) is 18.2 Å². The number of aliphatic hydroxyl groups excluding tert-OH is 1. The maximum Gasteiger partial charge on any atom is 0.166 e. The topological polar surface area (TPSA) is 38.7 Å². The minimum absolute atomic E-state index is 0.215. The summed E-state index contributed by atoms with van der Waals surface area (Å²) in [5.74, 6) is 1.28. The van der Waals surface area contributed by atoms with Gasteiger partial charge in [0.15, 0.2) is 11.5 Å². The molecule has 0 aliphatic carbocycles. The second kappa shape index (κ2) is 6.10. The van der Waals surface area contributed by atoms with E-state index >= 15 is 0 Å². The van der Waals surface area contributed by atoms with Crippen LogP contribution in [-0.2, 0) is 0 Å². The van der Waals surface area contributed by atoms with Crippen molar-refractivity contribution in [2.24, 2.45) is 5.41 Å². The molecule has 0 spiro atoms. The van der Waals surface area contributed by atoms with Crippen LogP contribution in [-0.4, -0.2) is 19.3 Å². The zero-order chi connectivity index (χ0) is 13.8. The van der Waals surface area contributed by atoms with Crippen LogP contribution in [0.1, 0.15) is 45.3 Å². The molecule has 1 N–H and O–H groups in total. The van der Waals surface area contributed by atoms with Gasteiger partial charge in [-0.25, -0.2) is 0 Å². The molecule has 1 aromatic rings. The third-order valence-corrected chi connectivity index (χ3v) is 2.96. The zero-order valence-corrected chi connectivity index (χ0v) is 12.0. The Hall–Kier alpha value is -1.22. The zero-order valence-electron chi connectivity index (χ0n) is 12.0. The quantitative estimate of drug-likeness (QED) is 0.870. The van der Waals surface area contributed by atoms with Gasteiger partial charge in [0, 0.05) is 5.56 Å². The molecule has 1 rings (SSSR count). The monoisotopic (exact) mass is 252 g/mol. The molecule has 0 heterocycles. The van der Waals surface area contributed by atoms with Crippen molar-refractivity contribution in [2.45, 2.75) is 39.7 Å². The van der Waals surface area contributed by atoms with Crippen LogP contribution < -0.4 is 9.47 Å². The first-order chi connectivity index (χ1) is 8.39. The molecule has 0 aliphatic heterocycles. The highest BCUT2D eigenvalue weighted by Crippen LogP contribution is 2.37. The van der Waals surface area contributed by atoms with Gasteiger partial charge in [-0.05, 0) is 24.3 Å². The van der Waals surface area contributed by atoms with E-state index in [4.69, 9.17) is 9.47 Å². The fourth-order valence-corrected chi connectivity index (χ4v) is 1.90. The van der Waals surface area contributed by atoms with Crippen molar-refractivity contribution in [3.8, 4) is 11.5 Å². The number of methoxy groups -OCH3 is 2. The minimum atomic E-state index is -0.519. The van der Waals surface area contributed by atoms with Crippen LogP contribution >= 0.6 is 0 Å². The van der Waals surface area contributed by atoms with Gasteiger partial charge in [0.1, 0.15) is 0 Å². The third kappa shape index (κ3) is 3.91. The summed E-state index contributed by atoms with van der Waals surface area (Å²) < 4.78 is 10.6. The molecule has 3 nitrogen and oxygen atoms in total. The van der Waals surface area contributed by atoms with Crippen molar-refractivity contribution in [3.05, 3.63) is 23.8 Å². The predicted octanol–water partition coefficient (Wildman–Crippen LogP) is 3.56. The Balaban J connectivity index is 2.88. The van der Waals surface area contributed by atoms with E-state index in [0.717, 1.165) is 12.0 Å². The first kappa shape index (κ1) is 14.8. The number of rotatable bonds is 5. The lowest BCUT2D eigenvalue weighted by Gasteiger charge is -2.22. The van der Waals surface area contributed by atoms with Crippen molar-refractivity contribution in [2.75, 3.05) is 14.2 Å². The Morgan fingerprint density at radius 2 is 1.83 bits per heavy atom. The molecule has 18 heavy (non-hydrogen) atoms. The first-order valence-electron chi connectivity index (χ1n) is 6.28. The number of ether oxygens (including phenoxy) is 2. The van der Waals surface area contributed by atoms with Gasteiger partial charge in [0.05, 0.1) is 20.3 Å². The van der Waals surface area contributed by atoms with E-state index in [0.29, 0.717) is 17.9 Å². The highest BCUT2D eigenvalue weighted by atomic mass is 16.5. The molecular weight excluding hydrogens is 228 g/mol. The normalized spacial score (nSPS) is 13.2. The molecule has 1 atom stereocenters. The number of hydrogen-bond acceptors (Lipinski definition) is 3. The first-order valence-corrected chi connectivity index (χ1v) is 6.28. The molecular formula is C15H24O3. The van der Waals surface area contributed by atoms with Crippen LogP contribution in [0.5, 0.6) is 11.5 Å². The summed E-state index contributed by atoms with van der Waals surface area (Å²) in [5.41, 5.74) is 1.01. The van der Waals surface area contributed by atoms with Crippen LogP contribution in [0.2, 0.25) is 0 Å². The van der Waals surface area contributed by atoms with Crippen LogP contribution in [0.25, 0.3) is 0 Å². The Bertz CT molecular complexity index is 380. The number of aliphatic hydroxyl groups is 1. The Labute approximate surface area is 110 Å². The van der Waals surface area contributed by atoms with Crippen molar-refractivity contribution in [3.63, 3.8) is 0 Å². The van der Waals surface area contributed by atoms with Gasteiger partial charge in [-0.3, -0.25) is 0 Å². The third-order valence-electron chi connectivity index (χ3n) is 2.96.